The summed E-state index contributed by atoms with van der Waals surface area (Å²) in [5.41, 5.74) is -2.29. The largest absolute Gasteiger partial charge is 0.460 e. The third kappa shape index (κ3) is 2.32. The second-order valence-corrected chi connectivity index (χ2v) is 4.30. The van der Waals surface area contributed by atoms with Crippen LogP contribution in [0.25, 0.3) is 0 Å². The Balaban J connectivity index is 2.16. The topological polar surface area (TPSA) is 43.4 Å². The number of rotatable bonds is 4. The van der Waals surface area contributed by atoms with E-state index in [-0.39, 0.29) is 18.9 Å². The van der Waals surface area contributed by atoms with Crippen molar-refractivity contribution in [3.05, 3.63) is 34.9 Å². The summed E-state index contributed by atoms with van der Waals surface area (Å²) < 4.78 is 56.8. The fraction of sp³-hybridized carbons (Fsp3) is 0.333. The van der Waals surface area contributed by atoms with Crippen molar-refractivity contribution >= 4 is 12.3 Å². The van der Waals surface area contributed by atoms with Crippen molar-refractivity contribution in [1.82, 2.24) is 0 Å². The van der Waals surface area contributed by atoms with Gasteiger partial charge in [0.05, 0.1) is 5.56 Å². The molecule has 0 atom stereocenters. The highest BCUT2D eigenvalue weighted by molar-refractivity contribution is 5.96. The van der Waals surface area contributed by atoms with Crippen molar-refractivity contribution < 1.29 is 31.9 Å². The molecule has 0 heterocycles. The predicted octanol–water partition coefficient (Wildman–Crippen LogP) is 2.27. The van der Waals surface area contributed by atoms with Crippen molar-refractivity contribution in [3.63, 3.8) is 0 Å². The highest BCUT2D eigenvalue weighted by atomic mass is 19.2. The standard InChI is InChI=1S/C12H8F4O3/c13-7-3-8(14)10(16)6(9(7)15)4-19-11(18)12(5-17)1-2-12/h3,5H,1-2,4H2. The highest BCUT2D eigenvalue weighted by Crippen LogP contribution is 2.44. The number of hydrogen-bond donors (Lipinski definition) is 0. The van der Waals surface area contributed by atoms with E-state index < -0.39 is 46.8 Å². The minimum absolute atomic E-state index is 0.0593. The second kappa shape index (κ2) is 4.64. The Kier molecular flexibility index (Phi) is 3.30. The third-order valence-corrected chi connectivity index (χ3v) is 2.97. The molecule has 1 fully saturated rings. The molecule has 0 bridgehead atoms. The zero-order valence-electron chi connectivity index (χ0n) is 9.51. The minimum Gasteiger partial charge on any atom is -0.460 e. The van der Waals surface area contributed by atoms with Crippen LogP contribution in [-0.4, -0.2) is 12.3 Å². The van der Waals surface area contributed by atoms with Gasteiger partial charge in [-0.05, 0) is 12.8 Å². The van der Waals surface area contributed by atoms with Crippen LogP contribution in [0.5, 0.6) is 0 Å². The van der Waals surface area contributed by atoms with E-state index in [2.05, 4.69) is 4.74 Å². The van der Waals surface area contributed by atoms with E-state index in [1.807, 2.05) is 0 Å². The van der Waals surface area contributed by atoms with Crippen LogP contribution < -0.4 is 0 Å². The van der Waals surface area contributed by atoms with Crippen molar-refractivity contribution in [2.75, 3.05) is 0 Å². The fourth-order valence-corrected chi connectivity index (χ4v) is 1.54. The Labute approximate surface area is 105 Å². The van der Waals surface area contributed by atoms with Crippen LogP contribution in [0.3, 0.4) is 0 Å². The lowest BCUT2D eigenvalue weighted by Crippen LogP contribution is -2.21. The number of aldehydes is 1. The summed E-state index contributed by atoms with van der Waals surface area (Å²) in [4.78, 5) is 22.1. The van der Waals surface area contributed by atoms with Gasteiger partial charge in [-0.3, -0.25) is 4.79 Å². The van der Waals surface area contributed by atoms with Crippen LogP contribution in [0.4, 0.5) is 17.6 Å². The van der Waals surface area contributed by atoms with Gasteiger partial charge in [-0.15, -0.1) is 0 Å². The average Bonchev–Trinajstić information content (AvgIpc) is 3.17. The molecule has 0 saturated heterocycles. The second-order valence-electron chi connectivity index (χ2n) is 4.30. The molecule has 0 aliphatic heterocycles. The summed E-state index contributed by atoms with van der Waals surface area (Å²) in [6, 6.07) is 0.0593. The molecule has 0 amide bonds. The van der Waals surface area contributed by atoms with Crippen LogP contribution in [0.2, 0.25) is 0 Å². The highest BCUT2D eigenvalue weighted by Gasteiger charge is 2.51. The van der Waals surface area contributed by atoms with Gasteiger partial charge in [0.25, 0.3) is 0 Å². The lowest BCUT2D eigenvalue weighted by atomic mass is 10.1. The third-order valence-electron chi connectivity index (χ3n) is 2.97. The molecule has 0 spiro atoms. The first-order valence-corrected chi connectivity index (χ1v) is 5.37. The quantitative estimate of drug-likeness (QED) is 0.278. The van der Waals surface area contributed by atoms with Crippen molar-refractivity contribution in [2.24, 2.45) is 5.41 Å². The molecule has 1 aliphatic rings. The number of carbonyl (C=O) groups excluding carboxylic acids is 2. The number of benzene rings is 1. The molecular weight excluding hydrogens is 268 g/mol. The summed E-state index contributed by atoms with van der Waals surface area (Å²) in [5, 5.41) is 0. The SMILES string of the molecule is O=CC1(C(=O)OCc2c(F)c(F)cc(F)c2F)CC1. The van der Waals surface area contributed by atoms with Gasteiger partial charge >= 0.3 is 5.97 Å². The molecule has 1 aliphatic carbocycles. The number of esters is 1. The lowest BCUT2D eigenvalue weighted by molar-refractivity contribution is -0.152. The molecule has 1 aromatic carbocycles. The van der Waals surface area contributed by atoms with E-state index in [0.29, 0.717) is 6.29 Å². The molecule has 0 aromatic heterocycles. The number of carbonyl (C=O) groups is 2. The van der Waals surface area contributed by atoms with Crippen molar-refractivity contribution in [2.45, 2.75) is 19.4 Å². The molecule has 102 valence electrons. The summed E-state index contributed by atoms with van der Waals surface area (Å²) in [7, 11) is 0. The molecule has 0 radical (unpaired) electrons. The van der Waals surface area contributed by atoms with Gasteiger partial charge in [-0.2, -0.15) is 0 Å². The smallest absolute Gasteiger partial charge is 0.319 e. The van der Waals surface area contributed by atoms with Gasteiger partial charge < -0.3 is 9.53 Å². The number of hydrogen-bond acceptors (Lipinski definition) is 3. The molecule has 2 rings (SSSR count). The van der Waals surface area contributed by atoms with Crippen LogP contribution in [0, 0.1) is 28.7 Å². The maximum atomic E-state index is 13.2. The van der Waals surface area contributed by atoms with Crippen LogP contribution in [0.1, 0.15) is 18.4 Å². The van der Waals surface area contributed by atoms with E-state index in [1.54, 1.807) is 0 Å². The summed E-state index contributed by atoms with van der Waals surface area (Å²) in [6.07, 6.45) is 0.976. The Morgan fingerprint density at radius 3 is 2.16 bits per heavy atom. The average molecular weight is 276 g/mol. The Hall–Kier alpha value is -1.92. The monoisotopic (exact) mass is 276 g/mol. The number of halogens is 4. The van der Waals surface area contributed by atoms with Crippen molar-refractivity contribution in [3.8, 4) is 0 Å². The van der Waals surface area contributed by atoms with Gasteiger partial charge in [0.2, 0.25) is 0 Å². The van der Waals surface area contributed by atoms with E-state index in [1.165, 1.54) is 0 Å². The van der Waals surface area contributed by atoms with Crippen LogP contribution >= 0.6 is 0 Å². The van der Waals surface area contributed by atoms with Crippen LogP contribution in [0.15, 0.2) is 6.07 Å². The maximum absolute atomic E-state index is 13.2. The van der Waals surface area contributed by atoms with Crippen molar-refractivity contribution in [1.29, 1.82) is 0 Å². The summed E-state index contributed by atoms with van der Waals surface area (Å²) >= 11 is 0. The molecule has 0 N–H and O–H groups in total. The zero-order chi connectivity index (χ0) is 14.2. The van der Waals surface area contributed by atoms with Gasteiger partial charge in [0, 0.05) is 6.07 Å². The number of ether oxygens (including phenoxy) is 1. The van der Waals surface area contributed by atoms with Crippen LogP contribution in [-0.2, 0) is 20.9 Å². The summed E-state index contributed by atoms with van der Waals surface area (Å²) in [5.74, 6) is -7.36. The van der Waals surface area contributed by atoms with E-state index in [4.69, 9.17) is 0 Å². The molecule has 0 unspecified atom stereocenters. The molecule has 3 nitrogen and oxygen atoms in total. The first-order valence-electron chi connectivity index (χ1n) is 5.37. The van der Waals surface area contributed by atoms with Gasteiger partial charge in [0.1, 0.15) is 18.3 Å². The van der Waals surface area contributed by atoms with E-state index in [9.17, 15) is 27.2 Å². The first kappa shape index (κ1) is 13.5. The molecule has 1 aromatic rings. The Morgan fingerprint density at radius 2 is 1.74 bits per heavy atom. The molecular formula is C12H8F4O3. The summed E-state index contributed by atoms with van der Waals surface area (Å²) in [6.45, 7) is -0.971. The minimum atomic E-state index is -1.62. The normalized spacial score (nSPS) is 16.0. The Bertz CT molecular complexity index is 526. The van der Waals surface area contributed by atoms with Gasteiger partial charge in [-0.1, -0.05) is 0 Å². The van der Waals surface area contributed by atoms with E-state index >= 15 is 0 Å². The van der Waals surface area contributed by atoms with E-state index in [0.717, 1.165) is 0 Å². The molecule has 7 heteroatoms. The van der Waals surface area contributed by atoms with Gasteiger partial charge in [0.15, 0.2) is 23.3 Å². The Morgan fingerprint density at radius 1 is 1.21 bits per heavy atom. The predicted molar refractivity (Wildman–Crippen MR) is 53.8 cm³/mol. The first-order chi connectivity index (χ1) is 8.91. The maximum Gasteiger partial charge on any atom is 0.319 e. The zero-order valence-corrected chi connectivity index (χ0v) is 9.51. The lowest BCUT2D eigenvalue weighted by Gasteiger charge is -2.10. The molecule has 1 saturated carbocycles. The van der Waals surface area contributed by atoms with Gasteiger partial charge in [-0.25, -0.2) is 17.6 Å². The molecule has 19 heavy (non-hydrogen) atoms. The fourth-order valence-electron chi connectivity index (χ4n) is 1.54.